The number of halogens is 2. The Kier molecular flexibility index (Phi) is 8.22. The SMILES string of the molecule is CC(C)(C)COc1ccc(CSc2c(Cl)ccc3c2CCNCC3)nn1.Cl. The van der Waals surface area contributed by atoms with Crippen molar-refractivity contribution in [3.8, 4) is 5.88 Å². The molecule has 1 aliphatic rings. The van der Waals surface area contributed by atoms with Crippen LogP contribution in [0.15, 0.2) is 29.2 Å². The summed E-state index contributed by atoms with van der Waals surface area (Å²) in [4.78, 5) is 1.18. The third-order valence-corrected chi connectivity index (χ3v) is 5.77. The van der Waals surface area contributed by atoms with Crippen LogP contribution in [-0.4, -0.2) is 29.9 Å². The lowest BCUT2D eigenvalue weighted by molar-refractivity contribution is 0.189. The monoisotopic (exact) mass is 427 g/mol. The molecule has 0 radical (unpaired) electrons. The van der Waals surface area contributed by atoms with Gasteiger partial charge in [-0.05, 0) is 54.6 Å². The van der Waals surface area contributed by atoms with Gasteiger partial charge in [0.1, 0.15) is 0 Å². The lowest BCUT2D eigenvalue weighted by atomic mass is 9.99. The summed E-state index contributed by atoms with van der Waals surface area (Å²) in [5.41, 5.74) is 3.82. The highest BCUT2D eigenvalue weighted by atomic mass is 35.5. The van der Waals surface area contributed by atoms with Crippen LogP contribution in [-0.2, 0) is 18.6 Å². The number of rotatable bonds is 5. The van der Waals surface area contributed by atoms with Crippen molar-refractivity contribution in [3.05, 3.63) is 46.1 Å². The van der Waals surface area contributed by atoms with Gasteiger partial charge in [0.25, 0.3) is 0 Å². The van der Waals surface area contributed by atoms with Crippen LogP contribution in [0, 0.1) is 5.41 Å². The Labute approximate surface area is 177 Å². The molecule has 0 bridgehead atoms. The molecule has 0 atom stereocenters. The summed E-state index contributed by atoms with van der Waals surface area (Å²) < 4.78 is 5.69. The van der Waals surface area contributed by atoms with Crippen LogP contribution in [0.2, 0.25) is 5.02 Å². The van der Waals surface area contributed by atoms with E-state index in [9.17, 15) is 0 Å². The Morgan fingerprint density at radius 1 is 1.11 bits per heavy atom. The summed E-state index contributed by atoms with van der Waals surface area (Å²) in [6, 6.07) is 8.06. The number of hydrogen-bond acceptors (Lipinski definition) is 5. The number of ether oxygens (including phenoxy) is 1. The van der Waals surface area contributed by atoms with Crippen molar-refractivity contribution < 1.29 is 4.74 Å². The van der Waals surface area contributed by atoms with E-state index in [4.69, 9.17) is 16.3 Å². The van der Waals surface area contributed by atoms with Gasteiger partial charge in [0.05, 0.1) is 17.3 Å². The minimum Gasteiger partial charge on any atom is -0.476 e. The van der Waals surface area contributed by atoms with Gasteiger partial charge < -0.3 is 10.1 Å². The lowest BCUT2D eigenvalue weighted by Crippen LogP contribution is -2.17. The predicted molar refractivity (Wildman–Crippen MR) is 116 cm³/mol. The number of nitrogens with one attached hydrogen (secondary N) is 1. The van der Waals surface area contributed by atoms with Gasteiger partial charge in [-0.3, -0.25) is 0 Å². The van der Waals surface area contributed by atoms with Gasteiger partial charge in [-0.2, -0.15) is 5.10 Å². The maximum atomic E-state index is 6.49. The van der Waals surface area contributed by atoms with Gasteiger partial charge in [-0.1, -0.05) is 38.4 Å². The summed E-state index contributed by atoms with van der Waals surface area (Å²) in [7, 11) is 0. The first-order valence-electron chi connectivity index (χ1n) is 9.01. The van der Waals surface area contributed by atoms with E-state index in [0.717, 1.165) is 42.4 Å². The zero-order valence-electron chi connectivity index (χ0n) is 16.0. The first-order chi connectivity index (χ1) is 12.4. The molecule has 1 aliphatic heterocycles. The van der Waals surface area contributed by atoms with E-state index in [1.165, 1.54) is 16.0 Å². The molecule has 0 aliphatic carbocycles. The molecule has 2 heterocycles. The largest absolute Gasteiger partial charge is 0.476 e. The van der Waals surface area contributed by atoms with Crippen LogP contribution < -0.4 is 10.1 Å². The number of hydrogen-bond donors (Lipinski definition) is 1. The standard InChI is InChI=1S/C20H26ClN3OS.ClH/c1-20(2,3)13-25-18-7-5-15(23-24-18)12-26-19-16-9-11-22-10-8-14(16)4-6-17(19)21;/h4-7,22H,8-13H2,1-3H3;1H. The fraction of sp³-hybridized carbons (Fsp3) is 0.500. The Hall–Kier alpha value is -1.01. The molecule has 0 saturated carbocycles. The first kappa shape index (κ1) is 22.3. The van der Waals surface area contributed by atoms with Gasteiger partial charge in [-0.25, -0.2) is 0 Å². The lowest BCUT2D eigenvalue weighted by Gasteiger charge is -2.18. The average molecular weight is 428 g/mol. The molecule has 0 saturated heterocycles. The highest BCUT2D eigenvalue weighted by Crippen LogP contribution is 2.35. The molecule has 2 aromatic rings. The Morgan fingerprint density at radius 2 is 1.89 bits per heavy atom. The third-order valence-electron chi connectivity index (χ3n) is 4.15. The molecule has 0 unspecified atom stereocenters. The summed E-state index contributed by atoms with van der Waals surface area (Å²) in [5.74, 6) is 1.32. The fourth-order valence-electron chi connectivity index (χ4n) is 2.80. The van der Waals surface area contributed by atoms with Crippen molar-refractivity contribution in [1.29, 1.82) is 0 Å². The Bertz CT molecular complexity index is 748. The Morgan fingerprint density at radius 3 is 2.59 bits per heavy atom. The van der Waals surface area contributed by atoms with Crippen LogP contribution in [0.1, 0.15) is 37.6 Å². The highest BCUT2D eigenvalue weighted by molar-refractivity contribution is 7.98. The molecule has 0 spiro atoms. The Balaban J connectivity index is 0.00000261. The molecule has 1 aromatic carbocycles. The summed E-state index contributed by atoms with van der Waals surface area (Å²) >= 11 is 8.24. The normalized spacial score (nSPS) is 14.1. The molecule has 1 N–H and O–H groups in total. The first-order valence-corrected chi connectivity index (χ1v) is 10.4. The number of nitrogens with zero attached hydrogens (tertiary/aromatic N) is 2. The van der Waals surface area contributed by atoms with Crippen LogP contribution in [0.4, 0.5) is 0 Å². The minimum atomic E-state index is 0. The van der Waals surface area contributed by atoms with E-state index < -0.39 is 0 Å². The molecule has 7 heteroatoms. The second-order valence-corrected chi connectivity index (χ2v) is 9.16. The van der Waals surface area contributed by atoms with Gasteiger partial charge in [-0.15, -0.1) is 29.3 Å². The summed E-state index contributed by atoms with van der Waals surface area (Å²) in [5, 5.41) is 12.8. The second-order valence-electron chi connectivity index (χ2n) is 7.77. The highest BCUT2D eigenvalue weighted by Gasteiger charge is 2.16. The number of thioether (sulfide) groups is 1. The summed E-state index contributed by atoms with van der Waals surface area (Å²) in [6.07, 6.45) is 2.07. The van der Waals surface area contributed by atoms with Crippen LogP contribution >= 0.6 is 35.8 Å². The van der Waals surface area contributed by atoms with E-state index in [1.54, 1.807) is 11.8 Å². The molecule has 1 aromatic heterocycles. The van der Waals surface area contributed by atoms with Gasteiger partial charge in [0.15, 0.2) is 0 Å². The number of aromatic nitrogens is 2. The van der Waals surface area contributed by atoms with Crippen LogP contribution in [0.25, 0.3) is 0 Å². The van der Waals surface area contributed by atoms with Gasteiger partial charge >= 0.3 is 0 Å². The fourth-order valence-corrected chi connectivity index (χ4v) is 4.20. The summed E-state index contributed by atoms with van der Waals surface area (Å²) in [6.45, 7) is 9.05. The number of fused-ring (bicyclic) bond motifs is 1. The van der Waals surface area contributed by atoms with Gasteiger partial charge in [0, 0.05) is 16.7 Å². The zero-order valence-corrected chi connectivity index (χ0v) is 18.4. The van der Waals surface area contributed by atoms with Crippen molar-refractivity contribution in [2.75, 3.05) is 19.7 Å². The molecule has 3 rings (SSSR count). The zero-order chi connectivity index (χ0) is 18.6. The maximum absolute atomic E-state index is 6.49. The van der Waals surface area contributed by atoms with E-state index >= 15 is 0 Å². The predicted octanol–water partition coefficient (Wildman–Crippen LogP) is 4.96. The molecule has 27 heavy (non-hydrogen) atoms. The van der Waals surface area contributed by atoms with Crippen molar-refractivity contribution in [3.63, 3.8) is 0 Å². The molecular weight excluding hydrogens is 401 g/mol. The quantitative estimate of drug-likeness (QED) is 0.683. The smallest absolute Gasteiger partial charge is 0.233 e. The minimum absolute atomic E-state index is 0. The molecule has 148 valence electrons. The maximum Gasteiger partial charge on any atom is 0.233 e. The van der Waals surface area contributed by atoms with Gasteiger partial charge in [0.2, 0.25) is 5.88 Å². The van der Waals surface area contributed by atoms with E-state index in [2.05, 4.69) is 42.4 Å². The second kappa shape index (κ2) is 9.97. The molecule has 4 nitrogen and oxygen atoms in total. The topological polar surface area (TPSA) is 47.0 Å². The van der Waals surface area contributed by atoms with E-state index in [-0.39, 0.29) is 17.8 Å². The van der Waals surface area contributed by atoms with Crippen LogP contribution in [0.5, 0.6) is 5.88 Å². The van der Waals surface area contributed by atoms with Crippen molar-refractivity contribution in [1.82, 2.24) is 15.5 Å². The van der Waals surface area contributed by atoms with E-state index in [1.807, 2.05) is 18.2 Å². The molecule has 0 fully saturated rings. The molecule has 0 amide bonds. The van der Waals surface area contributed by atoms with Crippen molar-refractivity contribution in [2.24, 2.45) is 5.41 Å². The molecular formula is C20H27Cl2N3OS. The van der Waals surface area contributed by atoms with E-state index in [0.29, 0.717) is 12.5 Å². The van der Waals surface area contributed by atoms with Crippen molar-refractivity contribution in [2.45, 2.75) is 44.3 Å². The van der Waals surface area contributed by atoms with Crippen molar-refractivity contribution >= 4 is 35.8 Å². The average Bonchev–Trinajstić information content (AvgIpc) is 2.85. The van der Waals surface area contributed by atoms with Crippen LogP contribution in [0.3, 0.4) is 0 Å². The third kappa shape index (κ3) is 6.53. The number of benzene rings is 1.